The van der Waals surface area contributed by atoms with Gasteiger partial charge >= 0.3 is 0 Å². The Morgan fingerprint density at radius 1 is 0.485 bits per heavy atom. The van der Waals surface area contributed by atoms with Gasteiger partial charge in [0.1, 0.15) is 0 Å². The number of benzene rings is 3. The fourth-order valence-electron chi connectivity index (χ4n) is 4.73. The first-order valence-electron chi connectivity index (χ1n) is 12.0. The van der Waals surface area contributed by atoms with E-state index in [0.29, 0.717) is 0 Å². The van der Waals surface area contributed by atoms with Gasteiger partial charge in [-0.3, -0.25) is 0 Å². The van der Waals surface area contributed by atoms with Crippen molar-refractivity contribution in [3.8, 4) is 0 Å². The van der Waals surface area contributed by atoms with Gasteiger partial charge in [0, 0.05) is 17.1 Å². The van der Waals surface area contributed by atoms with Crippen LogP contribution in [-0.2, 0) is 0 Å². The molecule has 0 radical (unpaired) electrons. The summed E-state index contributed by atoms with van der Waals surface area (Å²) in [5.74, 6) is 0. The molecule has 0 saturated heterocycles. The molecule has 3 aromatic carbocycles. The van der Waals surface area contributed by atoms with E-state index in [0.717, 1.165) is 25.7 Å². The molecule has 3 aromatic rings. The Labute approximate surface area is 198 Å². The molecule has 0 amide bonds. The minimum absolute atomic E-state index is 1.04. The predicted molar refractivity (Wildman–Crippen MR) is 142 cm³/mol. The maximum atomic E-state index is 2.48. The number of nitrogens with zero attached hydrogens (tertiary/aromatic N) is 1. The maximum Gasteiger partial charge on any atom is 0.0455 e. The zero-order chi connectivity index (χ0) is 22.6. The summed E-state index contributed by atoms with van der Waals surface area (Å²) in [5.41, 5.74) is 12.1. The highest BCUT2D eigenvalue weighted by Crippen LogP contribution is 2.37. The summed E-state index contributed by atoms with van der Waals surface area (Å²) in [6.45, 7) is 4.29. The van der Waals surface area contributed by atoms with Crippen LogP contribution in [-0.4, -0.2) is 0 Å². The largest absolute Gasteiger partial charge is 0.318 e. The van der Waals surface area contributed by atoms with Crippen LogP contribution in [0.4, 0.5) is 5.69 Å². The molecule has 5 rings (SSSR count). The second-order valence-electron chi connectivity index (χ2n) is 9.10. The van der Waals surface area contributed by atoms with Crippen molar-refractivity contribution in [1.82, 2.24) is 0 Å². The molecule has 164 valence electrons. The number of anilines is 1. The molecule has 0 bridgehead atoms. The van der Waals surface area contributed by atoms with E-state index >= 15 is 0 Å². The number of rotatable bonds is 5. The summed E-state index contributed by atoms with van der Waals surface area (Å²) in [6, 6.07) is 28.6. The fraction of sp³-hybridized carbons (Fsp3) is 0.188. The molecular weight excluding hydrogens is 398 g/mol. The van der Waals surface area contributed by atoms with Crippen LogP contribution in [0.2, 0.25) is 0 Å². The van der Waals surface area contributed by atoms with Crippen LogP contribution < -0.4 is 4.90 Å². The van der Waals surface area contributed by atoms with E-state index in [4.69, 9.17) is 0 Å². The Hall–Kier alpha value is -3.58. The second-order valence-corrected chi connectivity index (χ2v) is 9.10. The average Bonchev–Trinajstić information content (AvgIpc) is 2.87. The predicted octanol–water partition coefficient (Wildman–Crippen LogP) is 8.63. The maximum absolute atomic E-state index is 2.48. The van der Waals surface area contributed by atoms with Crippen molar-refractivity contribution in [2.45, 2.75) is 39.5 Å². The van der Waals surface area contributed by atoms with Gasteiger partial charge in [0.25, 0.3) is 0 Å². The van der Waals surface area contributed by atoms with Gasteiger partial charge in [0.05, 0.1) is 0 Å². The molecule has 1 nitrogen and oxygen atoms in total. The molecule has 0 N–H and O–H groups in total. The third kappa shape index (κ3) is 4.78. The summed E-state index contributed by atoms with van der Waals surface area (Å²) < 4.78 is 0. The molecule has 0 fully saturated rings. The van der Waals surface area contributed by atoms with Gasteiger partial charge in [-0.1, -0.05) is 90.0 Å². The highest BCUT2D eigenvalue weighted by molar-refractivity contribution is 5.73. The minimum atomic E-state index is 1.04. The molecule has 2 aliphatic rings. The van der Waals surface area contributed by atoms with Gasteiger partial charge in [-0.2, -0.15) is 0 Å². The molecular formula is C32H31N. The van der Waals surface area contributed by atoms with Crippen molar-refractivity contribution in [3.63, 3.8) is 0 Å². The standard InChI is InChI=1S/C32H31N/c1-24-8-12-26(13-9-24)28-16-20-31(21-17-28)33(30-6-4-3-5-7-30)32-22-18-29(19-23-32)27-14-10-25(2)11-15-27/h3-16,18,20,22H,17,19,21,23H2,1-2H3. The molecule has 0 aromatic heterocycles. The first kappa shape index (κ1) is 21.3. The van der Waals surface area contributed by atoms with E-state index < -0.39 is 0 Å². The van der Waals surface area contributed by atoms with Crippen LogP contribution in [0.15, 0.2) is 115 Å². The first-order chi connectivity index (χ1) is 16.2. The summed E-state index contributed by atoms with van der Waals surface area (Å²) >= 11 is 0. The highest BCUT2D eigenvalue weighted by Gasteiger charge is 2.21. The molecule has 1 heteroatoms. The van der Waals surface area contributed by atoms with E-state index in [1.165, 1.54) is 50.5 Å². The van der Waals surface area contributed by atoms with Crippen molar-refractivity contribution in [3.05, 3.63) is 137 Å². The molecule has 0 unspecified atom stereocenters. The normalized spacial score (nSPS) is 15.8. The molecule has 0 spiro atoms. The van der Waals surface area contributed by atoms with Crippen molar-refractivity contribution in [2.24, 2.45) is 0 Å². The lowest BCUT2D eigenvalue weighted by Crippen LogP contribution is -2.23. The lowest BCUT2D eigenvalue weighted by atomic mass is 9.92. The molecule has 0 aliphatic heterocycles. The third-order valence-electron chi connectivity index (χ3n) is 6.69. The van der Waals surface area contributed by atoms with Crippen LogP contribution in [0.25, 0.3) is 11.1 Å². The number of aryl methyl sites for hydroxylation is 2. The summed E-state index contributed by atoms with van der Waals surface area (Å²) in [6.07, 6.45) is 13.5. The Balaban J connectivity index is 1.46. The summed E-state index contributed by atoms with van der Waals surface area (Å²) in [4.78, 5) is 2.48. The summed E-state index contributed by atoms with van der Waals surface area (Å²) in [5, 5.41) is 0. The van der Waals surface area contributed by atoms with E-state index in [2.05, 4.69) is 122 Å². The number of para-hydroxylation sites is 1. The topological polar surface area (TPSA) is 3.24 Å². The Bertz CT molecular complexity index is 1150. The summed E-state index contributed by atoms with van der Waals surface area (Å²) in [7, 11) is 0. The van der Waals surface area contributed by atoms with Gasteiger partial charge < -0.3 is 4.90 Å². The molecule has 0 saturated carbocycles. The van der Waals surface area contributed by atoms with Gasteiger partial charge in [-0.15, -0.1) is 0 Å². The van der Waals surface area contributed by atoms with Crippen molar-refractivity contribution in [1.29, 1.82) is 0 Å². The van der Waals surface area contributed by atoms with Gasteiger partial charge in [0.2, 0.25) is 0 Å². The molecule has 33 heavy (non-hydrogen) atoms. The zero-order valence-corrected chi connectivity index (χ0v) is 19.6. The fourth-order valence-corrected chi connectivity index (χ4v) is 4.73. The zero-order valence-electron chi connectivity index (χ0n) is 19.6. The third-order valence-corrected chi connectivity index (χ3v) is 6.69. The highest BCUT2D eigenvalue weighted by atomic mass is 15.2. The lowest BCUT2D eigenvalue weighted by molar-refractivity contribution is 0.848. The Morgan fingerprint density at radius 3 is 1.33 bits per heavy atom. The minimum Gasteiger partial charge on any atom is -0.318 e. The Morgan fingerprint density at radius 2 is 0.939 bits per heavy atom. The van der Waals surface area contributed by atoms with E-state index in [1.807, 2.05) is 0 Å². The molecule has 2 aliphatic carbocycles. The van der Waals surface area contributed by atoms with E-state index in [-0.39, 0.29) is 0 Å². The molecule has 0 atom stereocenters. The number of hydrogen-bond acceptors (Lipinski definition) is 1. The van der Waals surface area contributed by atoms with Crippen molar-refractivity contribution >= 4 is 16.8 Å². The SMILES string of the molecule is Cc1ccc(C2=CC=C(N(C3=CC=C(c4ccc(C)cc4)CC3)c3ccccc3)CC2)cc1. The quantitative estimate of drug-likeness (QED) is 0.392. The monoisotopic (exact) mass is 429 g/mol. The van der Waals surface area contributed by atoms with E-state index in [9.17, 15) is 0 Å². The molecule has 0 heterocycles. The second kappa shape index (κ2) is 9.50. The van der Waals surface area contributed by atoms with E-state index in [1.54, 1.807) is 0 Å². The van der Waals surface area contributed by atoms with Crippen LogP contribution in [0, 0.1) is 13.8 Å². The van der Waals surface area contributed by atoms with Gasteiger partial charge in [-0.05, 0) is 86.1 Å². The van der Waals surface area contributed by atoms with Crippen LogP contribution in [0.1, 0.15) is 47.9 Å². The number of allylic oxidation sites excluding steroid dienone is 8. The van der Waals surface area contributed by atoms with Crippen LogP contribution in [0.3, 0.4) is 0 Å². The number of hydrogen-bond donors (Lipinski definition) is 0. The van der Waals surface area contributed by atoms with Crippen molar-refractivity contribution < 1.29 is 0 Å². The van der Waals surface area contributed by atoms with Crippen LogP contribution >= 0.6 is 0 Å². The average molecular weight is 430 g/mol. The smallest absolute Gasteiger partial charge is 0.0455 e. The van der Waals surface area contributed by atoms with Crippen molar-refractivity contribution in [2.75, 3.05) is 4.90 Å². The van der Waals surface area contributed by atoms with Gasteiger partial charge in [-0.25, -0.2) is 0 Å². The van der Waals surface area contributed by atoms with Crippen LogP contribution in [0.5, 0.6) is 0 Å². The Kier molecular flexibility index (Phi) is 6.13. The first-order valence-corrected chi connectivity index (χ1v) is 12.0. The lowest BCUT2D eigenvalue weighted by Gasteiger charge is -2.33. The van der Waals surface area contributed by atoms with Gasteiger partial charge in [0.15, 0.2) is 0 Å².